The van der Waals surface area contributed by atoms with Gasteiger partial charge in [0.25, 0.3) is 0 Å². The molecule has 1 amide bonds. The summed E-state index contributed by atoms with van der Waals surface area (Å²) in [5, 5.41) is 6.49. The highest BCUT2D eigenvalue weighted by atomic mass is 16.5. The van der Waals surface area contributed by atoms with Gasteiger partial charge >= 0.3 is 0 Å². The van der Waals surface area contributed by atoms with Crippen LogP contribution in [-0.2, 0) is 4.79 Å². The molecule has 1 aromatic rings. The average Bonchev–Trinajstić information content (AvgIpc) is 2.51. The number of nitrogens with one attached hydrogen (secondary N) is 2. The van der Waals surface area contributed by atoms with E-state index in [2.05, 4.69) is 10.6 Å². The van der Waals surface area contributed by atoms with E-state index in [0.29, 0.717) is 6.04 Å². The van der Waals surface area contributed by atoms with Crippen molar-refractivity contribution in [1.82, 2.24) is 10.6 Å². The van der Waals surface area contributed by atoms with Gasteiger partial charge in [-0.2, -0.15) is 0 Å². The van der Waals surface area contributed by atoms with Crippen LogP contribution in [-0.4, -0.2) is 38.3 Å². The van der Waals surface area contributed by atoms with Crippen molar-refractivity contribution >= 4 is 5.91 Å². The highest BCUT2D eigenvalue weighted by molar-refractivity contribution is 5.80. The molecule has 0 aromatic heterocycles. The molecule has 1 heterocycles. The number of hydrogen-bond donors (Lipinski definition) is 2. The van der Waals surface area contributed by atoms with Crippen molar-refractivity contribution in [2.75, 3.05) is 20.2 Å². The molecule has 1 aliphatic carbocycles. The molecule has 23 heavy (non-hydrogen) atoms. The maximum absolute atomic E-state index is 12.3. The lowest BCUT2D eigenvalue weighted by Crippen LogP contribution is -2.49. The van der Waals surface area contributed by atoms with E-state index in [4.69, 9.17) is 9.47 Å². The Morgan fingerprint density at radius 2 is 1.96 bits per heavy atom. The summed E-state index contributed by atoms with van der Waals surface area (Å²) in [5.74, 6) is 1.80. The lowest BCUT2D eigenvalue weighted by molar-refractivity contribution is -0.131. The topological polar surface area (TPSA) is 59.6 Å². The molecule has 0 unspecified atom stereocenters. The smallest absolute Gasteiger partial charge is 0.223 e. The van der Waals surface area contributed by atoms with E-state index in [9.17, 15) is 4.79 Å². The van der Waals surface area contributed by atoms with E-state index in [0.717, 1.165) is 55.8 Å². The molecule has 2 N–H and O–H groups in total. The number of hydrogen-bond acceptors (Lipinski definition) is 4. The Morgan fingerprint density at radius 1 is 1.22 bits per heavy atom. The molecule has 0 bridgehead atoms. The number of carbonyl (C=O) groups is 1. The second kappa shape index (κ2) is 7.21. The Kier molecular flexibility index (Phi) is 5.06. The molecule has 1 saturated heterocycles. The molecule has 1 aliphatic heterocycles. The van der Waals surface area contributed by atoms with E-state index in [1.165, 1.54) is 0 Å². The summed E-state index contributed by atoms with van der Waals surface area (Å²) in [5.41, 5.74) is 1.14. The fraction of sp³-hybridized carbons (Fsp3) is 0.611. The van der Waals surface area contributed by atoms with Crippen molar-refractivity contribution in [1.29, 1.82) is 0 Å². The fourth-order valence-corrected chi connectivity index (χ4v) is 3.22. The first kappa shape index (κ1) is 16.1. The number of aryl methyl sites for hydroxylation is 1. The first-order valence-electron chi connectivity index (χ1n) is 8.48. The van der Waals surface area contributed by atoms with Crippen molar-refractivity contribution < 1.29 is 14.3 Å². The van der Waals surface area contributed by atoms with Crippen molar-refractivity contribution in [3.05, 3.63) is 23.8 Å². The summed E-state index contributed by atoms with van der Waals surface area (Å²) >= 11 is 0. The second-order valence-electron chi connectivity index (χ2n) is 6.60. The first-order chi connectivity index (χ1) is 11.2. The van der Waals surface area contributed by atoms with Gasteiger partial charge in [-0.15, -0.1) is 0 Å². The van der Waals surface area contributed by atoms with Crippen molar-refractivity contribution in [2.45, 2.75) is 44.8 Å². The van der Waals surface area contributed by atoms with Crippen LogP contribution in [0.2, 0.25) is 0 Å². The minimum absolute atomic E-state index is 0.0886. The maximum Gasteiger partial charge on any atom is 0.223 e. The molecular formula is C18H26N2O3. The normalized spacial score (nSPS) is 24.6. The summed E-state index contributed by atoms with van der Waals surface area (Å²) in [7, 11) is 1.65. The molecule has 1 aromatic carbocycles. The lowest BCUT2D eigenvalue weighted by atomic mass is 9.81. The number of benzene rings is 1. The Labute approximate surface area is 137 Å². The van der Waals surface area contributed by atoms with Gasteiger partial charge in [-0.3, -0.25) is 4.79 Å². The minimum Gasteiger partial charge on any atom is -0.493 e. The molecule has 2 aliphatic rings. The molecule has 2 fully saturated rings. The van der Waals surface area contributed by atoms with Crippen LogP contribution in [0.4, 0.5) is 0 Å². The zero-order valence-electron chi connectivity index (χ0n) is 13.9. The highest BCUT2D eigenvalue weighted by Gasteiger charge is 2.37. The highest BCUT2D eigenvalue weighted by Crippen LogP contribution is 2.36. The number of amides is 1. The first-order valence-corrected chi connectivity index (χ1v) is 8.48. The monoisotopic (exact) mass is 318 g/mol. The quantitative estimate of drug-likeness (QED) is 0.872. The van der Waals surface area contributed by atoms with Gasteiger partial charge in [-0.25, -0.2) is 0 Å². The van der Waals surface area contributed by atoms with E-state index in [1.54, 1.807) is 7.11 Å². The second-order valence-corrected chi connectivity index (χ2v) is 6.60. The summed E-state index contributed by atoms with van der Waals surface area (Å²) in [6.45, 7) is 4.02. The van der Waals surface area contributed by atoms with Crippen LogP contribution in [0, 0.1) is 12.8 Å². The number of methoxy groups -OCH3 is 1. The van der Waals surface area contributed by atoms with Crippen molar-refractivity contribution in [3.63, 3.8) is 0 Å². The van der Waals surface area contributed by atoms with Crippen LogP contribution >= 0.6 is 0 Å². The van der Waals surface area contributed by atoms with Crippen LogP contribution in [0.1, 0.15) is 31.2 Å². The van der Waals surface area contributed by atoms with Gasteiger partial charge < -0.3 is 20.1 Å². The molecule has 3 rings (SSSR count). The van der Waals surface area contributed by atoms with Crippen LogP contribution < -0.4 is 20.1 Å². The van der Waals surface area contributed by atoms with Crippen LogP contribution in [0.5, 0.6) is 11.5 Å². The summed E-state index contributed by atoms with van der Waals surface area (Å²) in [4.78, 5) is 12.3. The number of carbonyl (C=O) groups excluding carboxylic acids is 1. The van der Waals surface area contributed by atoms with E-state index >= 15 is 0 Å². The SMILES string of the molecule is COc1ccc(C)cc1OC1CC(C(=O)NC2CCNCC2)C1. The fourth-order valence-electron chi connectivity index (χ4n) is 3.22. The molecule has 0 atom stereocenters. The van der Waals surface area contributed by atoms with Gasteiger partial charge in [0.2, 0.25) is 5.91 Å². The predicted molar refractivity (Wildman–Crippen MR) is 88.9 cm³/mol. The molecule has 1 saturated carbocycles. The largest absolute Gasteiger partial charge is 0.493 e. The standard InChI is InChI=1S/C18H26N2O3/c1-12-3-4-16(22-2)17(9-12)23-15-10-13(11-15)18(21)20-14-5-7-19-8-6-14/h3-4,9,13-15,19H,5-8,10-11H2,1-2H3,(H,20,21). The van der Waals surface area contributed by atoms with Crippen molar-refractivity contribution in [2.24, 2.45) is 5.92 Å². The van der Waals surface area contributed by atoms with Gasteiger partial charge in [0.15, 0.2) is 11.5 Å². The van der Waals surface area contributed by atoms with Crippen molar-refractivity contribution in [3.8, 4) is 11.5 Å². The lowest BCUT2D eigenvalue weighted by Gasteiger charge is -2.36. The Hall–Kier alpha value is -1.75. The minimum atomic E-state index is 0.0886. The van der Waals surface area contributed by atoms with Crippen LogP contribution in [0.25, 0.3) is 0 Å². The number of ether oxygens (including phenoxy) is 2. The molecule has 5 heteroatoms. The van der Waals surface area contributed by atoms with E-state index < -0.39 is 0 Å². The van der Waals surface area contributed by atoms with Gasteiger partial charge in [0, 0.05) is 12.0 Å². The summed E-state index contributed by atoms with van der Waals surface area (Å²) in [6.07, 6.45) is 3.73. The van der Waals surface area contributed by atoms with Crippen LogP contribution in [0.15, 0.2) is 18.2 Å². The van der Waals surface area contributed by atoms with Gasteiger partial charge in [0.1, 0.15) is 6.10 Å². The van der Waals surface area contributed by atoms with Gasteiger partial charge in [-0.05, 0) is 63.4 Å². The predicted octanol–water partition coefficient (Wildman–Crippen LogP) is 2.03. The summed E-state index contributed by atoms with van der Waals surface area (Å²) in [6, 6.07) is 6.24. The van der Waals surface area contributed by atoms with Crippen LogP contribution in [0.3, 0.4) is 0 Å². The molecule has 5 nitrogen and oxygen atoms in total. The Balaban J connectivity index is 1.47. The van der Waals surface area contributed by atoms with E-state index in [-0.39, 0.29) is 17.9 Å². The third kappa shape index (κ3) is 3.96. The molecular weight excluding hydrogens is 292 g/mol. The Bertz CT molecular complexity index is 549. The Morgan fingerprint density at radius 3 is 2.65 bits per heavy atom. The number of piperidine rings is 1. The van der Waals surface area contributed by atoms with E-state index in [1.807, 2.05) is 25.1 Å². The molecule has 0 spiro atoms. The van der Waals surface area contributed by atoms with Gasteiger partial charge in [0.05, 0.1) is 7.11 Å². The number of rotatable bonds is 5. The average molecular weight is 318 g/mol. The third-order valence-electron chi connectivity index (χ3n) is 4.76. The summed E-state index contributed by atoms with van der Waals surface area (Å²) < 4.78 is 11.3. The third-order valence-corrected chi connectivity index (χ3v) is 4.76. The maximum atomic E-state index is 12.3. The zero-order chi connectivity index (χ0) is 16.2. The zero-order valence-corrected chi connectivity index (χ0v) is 13.9. The molecule has 0 radical (unpaired) electrons. The van der Waals surface area contributed by atoms with Gasteiger partial charge in [-0.1, -0.05) is 6.07 Å². The molecule has 126 valence electrons.